The minimum Gasteiger partial charge on any atom is -0.489 e. The Morgan fingerprint density at radius 2 is 1.20 bits per heavy atom. The molecule has 10 heteroatoms. The molecule has 0 saturated heterocycles. The van der Waals surface area contributed by atoms with Crippen molar-refractivity contribution in [3.8, 4) is 28.0 Å². The zero-order valence-electron chi connectivity index (χ0n) is 24.5. The second-order valence-electron chi connectivity index (χ2n) is 10.8. The number of alkyl halides is 5. The van der Waals surface area contributed by atoms with Crippen molar-refractivity contribution in [1.29, 1.82) is 0 Å². The maximum absolute atomic E-state index is 14.9. The van der Waals surface area contributed by atoms with Gasteiger partial charge in [-0.25, -0.2) is 17.9 Å². The van der Waals surface area contributed by atoms with E-state index in [1.807, 2.05) is 18.2 Å². The van der Waals surface area contributed by atoms with Crippen LogP contribution >= 0.6 is 0 Å². The summed E-state index contributed by atoms with van der Waals surface area (Å²) in [5.74, 6) is -4.14. The molecule has 240 valence electrons. The maximum atomic E-state index is 14.9. The smallest absolute Gasteiger partial charge is 0.489 e. The number of ether oxygens (including phenoxy) is 2. The van der Waals surface area contributed by atoms with Crippen LogP contribution in [0.4, 0.5) is 35.1 Å². The maximum Gasteiger partial charge on any atom is 0.527 e. The molecule has 0 aliphatic heterocycles. The van der Waals surface area contributed by atoms with Crippen LogP contribution in [-0.2, 0) is 23.9 Å². The van der Waals surface area contributed by atoms with Crippen LogP contribution in [0.25, 0.3) is 33.0 Å². The first kappa shape index (κ1) is 32.9. The number of fused-ring (bicyclic) bond motifs is 1. The molecule has 0 aliphatic carbocycles. The van der Waals surface area contributed by atoms with E-state index < -0.39 is 53.4 Å². The lowest BCUT2D eigenvalue weighted by molar-refractivity contribution is -0.432. The fourth-order valence-corrected chi connectivity index (χ4v) is 5.15. The minimum atomic E-state index is -5.72. The Bertz CT molecular complexity index is 1810. The largest absolute Gasteiger partial charge is 0.527 e. The van der Waals surface area contributed by atoms with Gasteiger partial charge in [-0.1, -0.05) is 74.4 Å². The Kier molecular flexibility index (Phi) is 9.67. The average Bonchev–Trinajstić information content (AvgIpc) is 2.99. The van der Waals surface area contributed by atoms with Gasteiger partial charge in [0.2, 0.25) is 0 Å². The van der Waals surface area contributed by atoms with Crippen molar-refractivity contribution in [3.05, 3.63) is 125 Å². The second kappa shape index (κ2) is 13.5. The first-order valence-corrected chi connectivity index (χ1v) is 14.5. The molecular weight excluding hydrogens is 616 g/mol. The molecule has 0 radical (unpaired) electrons. The van der Waals surface area contributed by atoms with Gasteiger partial charge in [-0.2, -0.15) is 8.78 Å². The van der Waals surface area contributed by atoms with Crippen LogP contribution in [0.3, 0.4) is 0 Å². The van der Waals surface area contributed by atoms with Crippen molar-refractivity contribution < 1.29 is 44.6 Å². The summed E-state index contributed by atoms with van der Waals surface area (Å²) in [4.78, 5) is 0. The number of unbranched alkanes of at least 4 members (excludes halogenated alkanes) is 2. The fourth-order valence-electron chi connectivity index (χ4n) is 5.15. The fraction of sp³-hybridized carbons (Fsp3) is 0.222. The molecule has 0 bridgehead atoms. The molecule has 0 saturated carbocycles. The zero-order chi connectivity index (χ0) is 33.1. The predicted octanol–water partition coefficient (Wildman–Crippen LogP) is 11.5. The molecule has 0 fully saturated rings. The summed E-state index contributed by atoms with van der Waals surface area (Å²) in [6.45, 7) is 1.44. The van der Waals surface area contributed by atoms with E-state index in [2.05, 4.69) is 42.0 Å². The number of rotatable bonds is 11. The summed E-state index contributed by atoms with van der Waals surface area (Å²) >= 11 is 0. The molecule has 46 heavy (non-hydrogen) atoms. The van der Waals surface area contributed by atoms with Gasteiger partial charge in [0, 0.05) is 6.07 Å². The van der Waals surface area contributed by atoms with Gasteiger partial charge in [0.25, 0.3) is 0 Å². The van der Waals surface area contributed by atoms with Crippen molar-refractivity contribution in [2.24, 2.45) is 0 Å². The highest BCUT2D eigenvalue weighted by atomic mass is 19.4. The number of benzene rings is 5. The third-order valence-electron chi connectivity index (χ3n) is 7.55. The summed E-state index contributed by atoms with van der Waals surface area (Å²) in [5.41, 5.74) is 1.82. The normalized spacial score (nSPS) is 12.1. The van der Waals surface area contributed by atoms with Crippen molar-refractivity contribution in [2.45, 2.75) is 51.7 Å². The quantitative estimate of drug-likeness (QED) is 0.105. The van der Waals surface area contributed by atoms with E-state index in [1.54, 1.807) is 12.1 Å². The van der Waals surface area contributed by atoms with Crippen molar-refractivity contribution in [2.75, 3.05) is 0 Å². The number of halogens is 8. The van der Waals surface area contributed by atoms with Crippen LogP contribution in [0.5, 0.6) is 5.75 Å². The first-order chi connectivity index (χ1) is 21.8. The Labute approximate surface area is 260 Å². The average molecular weight is 645 g/mol. The van der Waals surface area contributed by atoms with Crippen molar-refractivity contribution in [1.82, 2.24) is 0 Å². The number of aryl methyl sites for hydroxylation is 1. The highest BCUT2D eigenvalue weighted by Crippen LogP contribution is 2.38. The van der Waals surface area contributed by atoms with Gasteiger partial charge in [0.05, 0.1) is 11.1 Å². The van der Waals surface area contributed by atoms with E-state index in [0.29, 0.717) is 17.7 Å². The first-order valence-electron chi connectivity index (χ1n) is 14.5. The van der Waals surface area contributed by atoms with Gasteiger partial charge in [-0.3, -0.25) is 0 Å². The van der Waals surface area contributed by atoms with Crippen LogP contribution in [-0.4, -0.2) is 6.36 Å². The Balaban J connectivity index is 1.27. The second-order valence-corrected chi connectivity index (χ2v) is 10.8. The van der Waals surface area contributed by atoms with Crippen LogP contribution in [0.1, 0.15) is 42.9 Å². The summed E-state index contributed by atoms with van der Waals surface area (Å²) in [6.07, 6.45) is -6.13. The monoisotopic (exact) mass is 644 g/mol. The molecular formula is C36H28F8O2. The Morgan fingerprint density at radius 1 is 0.587 bits per heavy atom. The molecule has 0 unspecified atom stereocenters. The van der Waals surface area contributed by atoms with Gasteiger partial charge in [0.1, 0.15) is 29.8 Å². The third kappa shape index (κ3) is 7.85. The zero-order valence-corrected chi connectivity index (χ0v) is 24.5. The van der Waals surface area contributed by atoms with Gasteiger partial charge in [0.15, 0.2) is 0 Å². The molecule has 0 amide bonds. The predicted molar refractivity (Wildman–Crippen MR) is 160 cm³/mol. The van der Waals surface area contributed by atoms with E-state index >= 15 is 0 Å². The van der Waals surface area contributed by atoms with Crippen LogP contribution in [0.2, 0.25) is 0 Å². The van der Waals surface area contributed by atoms with E-state index in [-0.39, 0.29) is 5.56 Å². The van der Waals surface area contributed by atoms with E-state index in [0.717, 1.165) is 52.9 Å². The highest BCUT2D eigenvalue weighted by Gasteiger charge is 2.47. The van der Waals surface area contributed by atoms with Gasteiger partial charge in [-0.15, -0.1) is 13.2 Å². The van der Waals surface area contributed by atoms with Crippen molar-refractivity contribution in [3.63, 3.8) is 0 Å². The molecule has 0 spiro atoms. The standard InChI is InChI=1S/C36H28F8O2/c1-2-3-4-5-22-6-7-27-17-26(13-12-25(27)16-22)23-8-10-24(11-9-23)28-18-32(37)30(33(38)19-28)21-45-29-14-15-31(34(39)20-29)35(40,41)46-36(42,43)44/h6-20H,2-5,21H2,1H3. The third-order valence-corrected chi connectivity index (χ3v) is 7.55. The van der Waals surface area contributed by atoms with E-state index in [9.17, 15) is 35.1 Å². The van der Waals surface area contributed by atoms with E-state index in [4.69, 9.17) is 4.74 Å². The van der Waals surface area contributed by atoms with Crippen molar-refractivity contribution >= 4 is 10.8 Å². The molecule has 5 aromatic carbocycles. The summed E-state index contributed by atoms with van der Waals surface area (Å²) in [6, 6.07) is 23.5. The molecule has 5 rings (SSSR count). The molecule has 0 aliphatic rings. The molecule has 2 nitrogen and oxygen atoms in total. The van der Waals surface area contributed by atoms with Gasteiger partial charge in [-0.05, 0) is 81.8 Å². The lowest BCUT2D eigenvalue weighted by Crippen LogP contribution is -2.28. The van der Waals surface area contributed by atoms with Gasteiger partial charge >= 0.3 is 12.5 Å². The van der Waals surface area contributed by atoms with Crippen LogP contribution < -0.4 is 4.74 Å². The molecule has 0 N–H and O–H groups in total. The van der Waals surface area contributed by atoms with Crippen LogP contribution in [0.15, 0.2) is 91.0 Å². The summed E-state index contributed by atoms with van der Waals surface area (Å²) in [7, 11) is 0. The lowest BCUT2D eigenvalue weighted by atomic mass is 9.96. The molecule has 0 aromatic heterocycles. The van der Waals surface area contributed by atoms with Gasteiger partial charge < -0.3 is 4.74 Å². The minimum absolute atomic E-state index is 0.252. The highest BCUT2D eigenvalue weighted by molar-refractivity contribution is 5.88. The topological polar surface area (TPSA) is 18.5 Å². The Hall–Kier alpha value is -4.44. The number of hydrogen-bond acceptors (Lipinski definition) is 2. The summed E-state index contributed by atoms with van der Waals surface area (Å²) < 4.78 is 116. The molecule has 5 aromatic rings. The molecule has 0 heterocycles. The molecule has 0 atom stereocenters. The van der Waals surface area contributed by atoms with Crippen LogP contribution in [0, 0.1) is 17.5 Å². The Morgan fingerprint density at radius 3 is 1.83 bits per heavy atom. The van der Waals surface area contributed by atoms with E-state index in [1.165, 1.54) is 18.4 Å². The SMILES string of the molecule is CCCCCc1ccc2cc(-c3ccc(-c4cc(F)c(COc5ccc(C(F)(F)OC(F)(F)F)c(F)c5)c(F)c4)cc3)ccc2c1. The summed E-state index contributed by atoms with van der Waals surface area (Å²) in [5, 5.41) is 2.26. The lowest BCUT2D eigenvalue weighted by Gasteiger charge is -2.19. The number of hydrogen-bond donors (Lipinski definition) is 0.